The fourth-order valence-electron chi connectivity index (χ4n) is 6.53. The van der Waals surface area contributed by atoms with E-state index in [-0.39, 0.29) is 5.91 Å². The quantitative estimate of drug-likeness (QED) is 0.262. The molecule has 1 aliphatic heterocycles. The normalized spacial score (nSPS) is 14.3. The van der Waals surface area contributed by atoms with Crippen molar-refractivity contribution in [2.75, 3.05) is 33.3 Å². The van der Waals surface area contributed by atoms with E-state index < -0.39 is 0 Å². The second-order valence-corrected chi connectivity index (χ2v) is 11.4. The van der Waals surface area contributed by atoms with Gasteiger partial charge in [-0.25, -0.2) is 9.97 Å². The number of nitrogens with one attached hydrogen (secondary N) is 1. The van der Waals surface area contributed by atoms with Crippen LogP contribution in [0.15, 0.2) is 53.1 Å². The Balaban J connectivity index is 1.37. The Hall–Kier alpha value is -4.76. The molecule has 0 bridgehead atoms. The third-order valence-electron chi connectivity index (χ3n) is 8.67. The molecule has 6 aromatic rings. The maximum Gasteiger partial charge on any atom is 0.219 e. The number of fused-ring (bicyclic) bond motifs is 4. The number of aromatic nitrogens is 4. The van der Waals surface area contributed by atoms with Gasteiger partial charge in [0.05, 0.1) is 29.4 Å². The van der Waals surface area contributed by atoms with Crippen molar-refractivity contribution in [2.45, 2.75) is 34.2 Å². The van der Waals surface area contributed by atoms with Crippen molar-refractivity contribution < 1.29 is 14.1 Å². The highest BCUT2D eigenvalue weighted by molar-refractivity contribution is 6.16. The van der Waals surface area contributed by atoms with Gasteiger partial charge < -0.3 is 19.1 Å². The summed E-state index contributed by atoms with van der Waals surface area (Å²) < 4.78 is 11.4. The minimum Gasteiger partial charge on any atom is -0.496 e. The number of carbonyl (C=O) groups excluding carboxylic acids is 1. The zero-order valence-corrected chi connectivity index (χ0v) is 25.1. The summed E-state index contributed by atoms with van der Waals surface area (Å²) in [7, 11) is 1.69. The zero-order valence-electron chi connectivity index (χ0n) is 25.1. The lowest BCUT2D eigenvalue weighted by molar-refractivity contribution is -0.130. The van der Waals surface area contributed by atoms with Gasteiger partial charge in [0.15, 0.2) is 0 Å². The number of methoxy groups -OCH3 is 1. The zero-order chi connectivity index (χ0) is 29.8. The Bertz CT molecular complexity index is 2010. The molecule has 1 fully saturated rings. The lowest BCUT2D eigenvalue weighted by atomic mass is 9.95. The minimum absolute atomic E-state index is 0.149. The van der Waals surface area contributed by atoms with Crippen LogP contribution in [0.25, 0.3) is 55.1 Å². The molecule has 43 heavy (non-hydrogen) atoms. The molecule has 218 valence electrons. The van der Waals surface area contributed by atoms with Gasteiger partial charge in [-0.1, -0.05) is 41.6 Å². The number of benzene rings is 3. The van der Waals surface area contributed by atoms with Crippen molar-refractivity contribution in [3.05, 3.63) is 71.4 Å². The fraction of sp³-hybridized carbons (Fsp3) is 0.294. The van der Waals surface area contributed by atoms with Crippen molar-refractivity contribution in [3.8, 4) is 28.1 Å². The standard InChI is InChI=1S/C34H34N6O3/c1-19-31(20(2)43-38-19)28-16-29-27(17-30(28)42-5)32-33(35-21(3)36-34(32)37-29)26-11-10-23(24-8-6-7-9-25(24)26)18-39-12-14-40(15-13-39)22(4)41/h6-11,16-17H,12-15,18H2,1-5H3,(H,35,36,37). The molecule has 1 saturated heterocycles. The molecular formula is C34H34N6O3. The number of nitrogens with zero attached hydrogens (tertiary/aromatic N) is 5. The predicted octanol–water partition coefficient (Wildman–Crippen LogP) is 6.18. The molecule has 3 aromatic heterocycles. The molecule has 1 N–H and O–H groups in total. The SMILES string of the molecule is COc1cc2c(cc1-c1c(C)noc1C)[nH]c1nc(C)nc(-c3ccc(CN4CCN(C(C)=O)CC4)c4ccccc34)c12. The van der Waals surface area contributed by atoms with Crippen LogP contribution in [0.3, 0.4) is 0 Å². The Labute approximate surface area is 249 Å². The van der Waals surface area contributed by atoms with Gasteiger partial charge in [-0.2, -0.15) is 0 Å². The van der Waals surface area contributed by atoms with E-state index in [4.69, 9.17) is 19.2 Å². The maximum atomic E-state index is 11.8. The number of ether oxygens (including phenoxy) is 1. The first-order chi connectivity index (χ1) is 20.8. The van der Waals surface area contributed by atoms with Crippen LogP contribution in [-0.2, 0) is 11.3 Å². The monoisotopic (exact) mass is 574 g/mol. The van der Waals surface area contributed by atoms with Crippen LogP contribution in [0.4, 0.5) is 0 Å². The molecule has 0 atom stereocenters. The average Bonchev–Trinajstić information content (AvgIpc) is 3.53. The Morgan fingerprint density at radius 2 is 1.72 bits per heavy atom. The third-order valence-corrected chi connectivity index (χ3v) is 8.67. The summed E-state index contributed by atoms with van der Waals surface area (Å²) in [5, 5.41) is 8.47. The van der Waals surface area contributed by atoms with Gasteiger partial charge in [-0.15, -0.1) is 0 Å². The summed E-state index contributed by atoms with van der Waals surface area (Å²) in [6, 6.07) is 17.1. The summed E-state index contributed by atoms with van der Waals surface area (Å²) in [6.45, 7) is 11.5. The van der Waals surface area contributed by atoms with Crippen LogP contribution in [0, 0.1) is 20.8 Å². The second kappa shape index (κ2) is 10.5. The van der Waals surface area contributed by atoms with Crippen LogP contribution >= 0.6 is 0 Å². The number of hydrogen-bond acceptors (Lipinski definition) is 7. The van der Waals surface area contributed by atoms with Crippen LogP contribution in [0.1, 0.15) is 29.8 Å². The van der Waals surface area contributed by atoms with Crippen molar-refractivity contribution in [1.82, 2.24) is 29.9 Å². The molecule has 0 saturated carbocycles. The molecule has 9 heteroatoms. The summed E-state index contributed by atoms with van der Waals surface area (Å²) in [5.74, 6) is 2.33. The molecule has 1 amide bonds. The van der Waals surface area contributed by atoms with E-state index >= 15 is 0 Å². The van der Waals surface area contributed by atoms with E-state index in [1.165, 1.54) is 10.9 Å². The van der Waals surface area contributed by atoms with Crippen LogP contribution in [-0.4, -0.2) is 69.1 Å². The molecular weight excluding hydrogens is 540 g/mol. The van der Waals surface area contributed by atoms with Gasteiger partial charge in [0.25, 0.3) is 0 Å². The summed E-state index contributed by atoms with van der Waals surface area (Å²) >= 11 is 0. The van der Waals surface area contributed by atoms with Crippen LogP contribution < -0.4 is 4.74 Å². The highest BCUT2D eigenvalue weighted by Gasteiger charge is 2.23. The van der Waals surface area contributed by atoms with Gasteiger partial charge in [0.2, 0.25) is 5.91 Å². The first-order valence-corrected chi connectivity index (χ1v) is 14.6. The number of H-pyrrole nitrogens is 1. The number of aromatic amines is 1. The molecule has 4 heterocycles. The van der Waals surface area contributed by atoms with Crippen molar-refractivity contribution >= 4 is 38.6 Å². The number of piperazine rings is 1. The Morgan fingerprint density at radius 3 is 2.42 bits per heavy atom. The molecule has 9 nitrogen and oxygen atoms in total. The third kappa shape index (κ3) is 4.60. The molecule has 0 aliphatic carbocycles. The number of aryl methyl sites for hydroxylation is 3. The summed E-state index contributed by atoms with van der Waals surface area (Å²) in [4.78, 5) is 29.5. The van der Waals surface area contributed by atoms with Gasteiger partial charge in [0, 0.05) is 61.7 Å². The molecule has 0 spiro atoms. The van der Waals surface area contributed by atoms with Crippen molar-refractivity contribution in [2.24, 2.45) is 0 Å². The molecule has 7 rings (SSSR count). The van der Waals surface area contributed by atoms with Crippen molar-refractivity contribution in [1.29, 1.82) is 0 Å². The lowest BCUT2D eigenvalue weighted by Crippen LogP contribution is -2.47. The Kier molecular flexibility index (Phi) is 6.62. The molecule has 3 aromatic carbocycles. The highest BCUT2D eigenvalue weighted by Crippen LogP contribution is 2.42. The van der Waals surface area contributed by atoms with E-state index in [0.717, 1.165) is 99.6 Å². The number of amides is 1. The van der Waals surface area contributed by atoms with Gasteiger partial charge in [-0.3, -0.25) is 9.69 Å². The average molecular weight is 575 g/mol. The topological polar surface area (TPSA) is 100 Å². The van der Waals surface area contributed by atoms with Gasteiger partial charge >= 0.3 is 0 Å². The van der Waals surface area contributed by atoms with E-state index in [9.17, 15) is 4.79 Å². The molecule has 0 unspecified atom stereocenters. The van der Waals surface area contributed by atoms with Crippen LogP contribution in [0.5, 0.6) is 5.75 Å². The fourth-order valence-corrected chi connectivity index (χ4v) is 6.53. The number of carbonyl (C=O) groups is 1. The first kappa shape index (κ1) is 27.1. The van der Waals surface area contributed by atoms with Gasteiger partial charge in [-0.05, 0) is 49.2 Å². The highest BCUT2D eigenvalue weighted by atomic mass is 16.5. The van der Waals surface area contributed by atoms with E-state index in [1.54, 1.807) is 14.0 Å². The minimum atomic E-state index is 0.149. The number of rotatable bonds is 5. The summed E-state index contributed by atoms with van der Waals surface area (Å²) in [6.07, 6.45) is 0. The van der Waals surface area contributed by atoms with E-state index in [2.05, 4.69) is 63.6 Å². The van der Waals surface area contributed by atoms with Crippen LogP contribution in [0.2, 0.25) is 0 Å². The lowest BCUT2D eigenvalue weighted by Gasteiger charge is -2.34. The molecule has 1 aliphatic rings. The summed E-state index contributed by atoms with van der Waals surface area (Å²) in [5.41, 5.74) is 7.61. The van der Waals surface area contributed by atoms with E-state index in [0.29, 0.717) is 5.82 Å². The molecule has 0 radical (unpaired) electrons. The second-order valence-electron chi connectivity index (χ2n) is 11.4. The van der Waals surface area contributed by atoms with Crippen molar-refractivity contribution in [3.63, 3.8) is 0 Å². The van der Waals surface area contributed by atoms with Gasteiger partial charge in [0.1, 0.15) is 23.0 Å². The largest absolute Gasteiger partial charge is 0.496 e. The Morgan fingerprint density at radius 1 is 0.953 bits per heavy atom. The number of hydrogen-bond donors (Lipinski definition) is 1. The van der Waals surface area contributed by atoms with E-state index in [1.807, 2.05) is 25.7 Å². The smallest absolute Gasteiger partial charge is 0.219 e. The maximum absolute atomic E-state index is 11.8. The predicted molar refractivity (Wildman–Crippen MR) is 168 cm³/mol. The first-order valence-electron chi connectivity index (χ1n) is 14.6.